The molecule has 5 heteroatoms. The van der Waals surface area contributed by atoms with E-state index in [1.807, 2.05) is 6.07 Å². The van der Waals surface area contributed by atoms with Crippen LogP contribution in [0, 0.1) is 11.3 Å². The van der Waals surface area contributed by atoms with Crippen molar-refractivity contribution in [3.63, 3.8) is 0 Å². The molecule has 1 aromatic heterocycles. The molecule has 1 aliphatic rings. The first-order valence-electron chi connectivity index (χ1n) is 6.13. The first-order chi connectivity index (χ1) is 8.65. The van der Waals surface area contributed by atoms with E-state index in [4.69, 9.17) is 15.4 Å². The Morgan fingerprint density at radius 2 is 2.39 bits per heavy atom. The van der Waals surface area contributed by atoms with Crippen molar-refractivity contribution < 1.29 is 9.21 Å². The number of carbonyl (C=O) groups is 1. The highest BCUT2D eigenvalue weighted by atomic mass is 16.3. The van der Waals surface area contributed by atoms with Crippen molar-refractivity contribution in [1.29, 1.82) is 5.26 Å². The molecule has 0 aliphatic heterocycles. The molecule has 0 aromatic carbocycles. The number of amides is 1. The summed E-state index contributed by atoms with van der Waals surface area (Å²) in [6.07, 6.45) is 4.33. The summed E-state index contributed by atoms with van der Waals surface area (Å²) in [5, 5.41) is 8.65. The number of hydrogen-bond donors (Lipinski definition) is 1. The maximum Gasteiger partial charge on any atom is 0.243 e. The van der Waals surface area contributed by atoms with Crippen LogP contribution in [-0.4, -0.2) is 22.9 Å². The molecule has 1 aliphatic carbocycles. The summed E-state index contributed by atoms with van der Waals surface area (Å²) >= 11 is 0. The monoisotopic (exact) mass is 247 g/mol. The third kappa shape index (κ3) is 2.54. The van der Waals surface area contributed by atoms with Gasteiger partial charge < -0.3 is 15.1 Å². The predicted octanol–water partition coefficient (Wildman–Crippen LogP) is 1.40. The Morgan fingerprint density at radius 1 is 1.61 bits per heavy atom. The zero-order chi connectivity index (χ0) is 13.0. The predicted molar refractivity (Wildman–Crippen MR) is 65.1 cm³/mol. The molecule has 1 saturated carbocycles. The van der Waals surface area contributed by atoms with Crippen molar-refractivity contribution in [2.75, 3.05) is 6.54 Å². The number of nitrogens with zero attached hydrogens (tertiary/aromatic N) is 2. The van der Waals surface area contributed by atoms with Crippen molar-refractivity contribution >= 4 is 5.91 Å². The maximum absolute atomic E-state index is 12.3. The fourth-order valence-corrected chi connectivity index (χ4v) is 2.11. The van der Waals surface area contributed by atoms with E-state index in [1.54, 1.807) is 17.2 Å². The summed E-state index contributed by atoms with van der Waals surface area (Å²) in [6, 6.07) is 5.65. The van der Waals surface area contributed by atoms with Gasteiger partial charge in [0.2, 0.25) is 5.91 Å². The van der Waals surface area contributed by atoms with Crippen molar-refractivity contribution in [1.82, 2.24) is 4.90 Å². The Balaban J connectivity index is 2.04. The topological polar surface area (TPSA) is 83.3 Å². The molecule has 2 rings (SSSR count). The molecule has 1 amide bonds. The van der Waals surface area contributed by atoms with Crippen LogP contribution >= 0.6 is 0 Å². The van der Waals surface area contributed by atoms with Crippen LogP contribution in [0.15, 0.2) is 22.8 Å². The molecule has 96 valence electrons. The second-order valence-corrected chi connectivity index (χ2v) is 4.72. The van der Waals surface area contributed by atoms with Gasteiger partial charge in [-0.25, -0.2) is 0 Å². The number of nitriles is 1. The van der Waals surface area contributed by atoms with Crippen molar-refractivity contribution in [2.24, 2.45) is 5.73 Å². The smallest absolute Gasteiger partial charge is 0.243 e. The summed E-state index contributed by atoms with van der Waals surface area (Å²) in [4.78, 5) is 14.0. The first kappa shape index (κ1) is 12.7. The summed E-state index contributed by atoms with van der Waals surface area (Å²) in [5.74, 6) is 0.643. The molecule has 5 nitrogen and oxygen atoms in total. The molecule has 0 saturated heterocycles. The van der Waals surface area contributed by atoms with Gasteiger partial charge in [-0.3, -0.25) is 4.79 Å². The van der Waals surface area contributed by atoms with Crippen molar-refractivity contribution in [3.05, 3.63) is 24.2 Å². The molecule has 0 radical (unpaired) electrons. The standard InChI is InChI=1S/C13H17N3O2/c14-7-3-8-16(10-11-4-1-9-18-11)12(17)13(15)5-2-6-13/h1,4,9H,2-3,5-6,8,10,15H2. The zero-order valence-electron chi connectivity index (χ0n) is 10.3. The lowest BCUT2D eigenvalue weighted by atomic mass is 9.76. The van der Waals surface area contributed by atoms with E-state index in [0.717, 1.165) is 19.3 Å². The van der Waals surface area contributed by atoms with Gasteiger partial charge >= 0.3 is 0 Å². The summed E-state index contributed by atoms with van der Waals surface area (Å²) in [7, 11) is 0. The highest BCUT2D eigenvalue weighted by Crippen LogP contribution is 2.31. The summed E-state index contributed by atoms with van der Waals surface area (Å²) in [5.41, 5.74) is 5.32. The van der Waals surface area contributed by atoms with E-state index in [0.29, 0.717) is 25.3 Å². The quantitative estimate of drug-likeness (QED) is 0.852. The van der Waals surface area contributed by atoms with Gasteiger partial charge in [0.1, 0.15) is 5.76 Å². The van der Waals surface area contributed by atoms with Gasteiger partial charge in [0.15, 0.2) is 0 Å². The molecule has 1 heterocycles. The highest BCUT2D eigenvalue weighted by Gasteiger charge is 2.42. The van der Waals surface area contributed by atoms with Gasteiger partial charge in [-0.1, -0.05) is 0 Å². The Kier molecular flexibility index (Phi) is 3.68. The highest BCUT2D eigenvalue weighted by molar-refractivity contribution is 5.87. The fourth-order valence-electron chi connectivity index (χ4n) is 2.11. The lowest BCUT2D eigenvalue weighted by Crippen LogP contribution is -2.59. The summed E-state index contributed by atoms with van der Waals surface area (Å²) in [6.45, 7) is 0.779. The van der Waals surface area contributed by atoms with E-state index in [9.17, 15) is 4.79 Å². The number of hydrogen-bond acceptors (Lipinski definition) is 4. The van der Waals surface area contributed by atoms with Gasteiger partial charge in [0, 0.05) is 6.54 Å². The van der Waals surface area contributed by atoms with Gasteiger partial charge in [0.25, 0.3) is 0 Å². The minimum atomic E-state index is -0.720. The van der Waals surface area contributed by atoms with Crippen LogP contribution in [0.2, 0.25) is 0 Å². The Bertz CT molecular complexity index is 443. The van der Waals surface area contributed by atoms with Crippen LogP contribution in [0.1, 0.15) is 31.4 Å². The van der Waals surface area contributed by atoms with E-state index in [1.165, 1.54) is 0 Å². The largest absolute Gasteiger partial charge is 0.467 e. The van der Waals surface area contributed by atoms with Crippen LogP contribution in [0.4, 0.5) is 0 Å². The lowest BCUT2D eigenvalue weighted by Gasteiger charge is -2.40. The van der Waals surface area contributed by atoms with Gasteiger partial charge in [-0.2, -0.15) is 5.26 Å². The molecule has 0 spiro atoms. The molecule has 2 N–H and O–H groups in total. The van der Waals surface area contributed by atoms with Crippen LogP contribution in [0.5, 0.6) is 0 Å². The molecular weight excluding hydrogens is 230 g/mol. The SMILES string of the molecule is N#CCCN(Cc1ccco1)C(=O)C1(N)CCC1. The molecular formula is C13H17N3O2. The van der Waals surface area contributed by atoms with E-state index >= 15 is 0 Å². The molecule has 1 fully saturated rings. The second kappa shape index (κ2) is 5.23. The van der Waals surface area contributed by atoms with Crippen LogP contribution in [0.3, 0.4) is 0 Å². The van der Waals surface area contributed by atoms with Crippen molar-refractivity contribution in [2.45, 2.75) is 37.8 Å². The Hall–Kier alpha value is -1.80. The second-order valence-electron chi connectivity index (χ2n) is 4.72. The number of carbonyl (C=O) groups excluding carboxylic acids is 1. The Morgan fingerprint density at radius 3 is 2.89 bits per heavy atom. The number of rotatable bonds is 5. The average molecular weight is 247 g/mol. The van der Waals surface area contributed by atoms with Crippen LogP contribution in [-0.2, 0) is 11.3 Å². The van der Waals surface area contributed by atoms with Gasteiger partial charge in [0.05, 0.1) is 30.8 Å². The van der Waals surface area contributed by atoms with Crippen LogP contribution in [0.25, 0.3) is 0 Å². The minimum Gasteiger partial charge on any atom is -0.467 e. The molecule has 0 bridgehead atoms. The zero-order valence-corrected chi connectivity index (χ0v) is 10.3. The van der Waals surface area contributed by atoms with Gasteiger partial charge in [-0.05, 0) is 31.4 Å². The first-order valence-corrected chi connectivity index (χ1v) is 6.13. The van der Waals surface area contributed by atoms with E-state index < -0.39 is 5.54 Å². The fraction of sp³-hybridized carbons (Fsp3) is 0.538. The third-order valence-corrected chi connectivity index (χ3v) is 3.38. The van der Waals surface area contributed by atoms with Crippen LogP contribution < -0.4 is 5.73 Å². The van der Waals surface area contributed by atoms with Crippen molar-refractivity contribution in [3.8, 4) is 6.07 Å². The van der Waals surface area contributed by atoms with E-state index in [-0.39, 0.29) is 5.91 Å². The minimum absolute atomic E-state index is 0.0691. The normalized spacial score (nSPS) is 16.7. The maximum atomic E-state index is 12.3. The third-order valence-electron chi connectivity index (χ3n) is 3.38. The van der Waals surface area contributed by atoms with E-state index in [2.05, 4.69) is 6.07 Å². The molecule has 18 heavy (non-hydrogen) atoms. The Labute approximate surface area is 106 Å². The molecule has 0 unspecified atom stereocenters. The average Bonchev–Trinajstić information content (AvgIpc) is 2.83. The van der Waals surface area contributed by atoms with Gasteiger partial charge in [-0.15, -0.1) is 0 Å². The number of nitrogens with two attached hydrogens (primary N) is 1. The molecule has 1 aromatic rings. The molecule has 0 atom stereocenters. The lowest BCUT2D eigenvalue weighted by molar-refractivity contribution is -0.141. The summed E-state index contributed by atoms with van der Waals surface area (Å²) < 4.78 is 5.24. The number of furan rings is 1.